The lowest BCUT2D eigenvalue weighted by Crippen LogP contribution is -2.49. The molecule has 0 amide bonds. The molecule has 1 aromatic heterocycles. The lowest BCUT2D eigenvalue weighted by molar-refractivity contribution is -0.00731. The molecule has 0 unspecified atom stereocenters. The van der Waals surface area contributed by atoms with Crippen molar-refractivity contribution in [1.82, 2.24) is 9.97 Å². The fourth-order valence-electron chi connectivity index (χ4n) is 5.19. The summed E-state index contributed by atoms with van der Waals surface area (Å²) in [4.78, 5) is 19.4. The maximum Gasteiger partial charge on any atom is 0.354 e. The zero-order valence-electron chi connectivity index (χ0n) is 10.9. The summed E-state index contributed by atoms with van der Waals surface area (Å²) in [6.07, 6.45) is 9.19. The first kappa shape index (κ1) is 11.4. The van der Waals surface area contributed by atoms with Gasteiger partial charge in [-0.3, -0.25) is 0 Å². The van der Waals surface area contributed by atoms with Gasteiger partial charge in [-0.2, -0.15) is 0 Å². The second-order valence-corrected chi connectivity index (χ2v) is 6.79. The monoisotopic (exact) mass is 258 g/mol. The Morgan fingerprint density at radius 1 is 1.11 bits per heavy atom. The van der Waals surface area contributed by atoms with Gasteiger partial charge in [-0.25, -0.2) is 14.8 Å². The lowest BCUT2D eigenvalue weighted by atomic mass is 9.49. The molecule has 100 valence electrons. The summed E-state index contributed by atoms with van der Waals surface area (Å²) in [6.45, 7) is 0. The van der Waals surface area contributed by atoms with Crippen molar-refractivity contribution in [2.24, 2.45) is 17.8 Å². The molecule has 1 heterocycles. The van der Waals surface area contributed by atoms with Gasteiger partial charge in [-0.05, 0) is 62.3 Å². The third-order valence-corrected chi connectivity index (χ3v) is 5.47. The highest BCUT2D eigenvalue weighted by Gasteiger charge is 2.52. The first-order valence-electron chi connectivity index (χ1n) is 7.20. The minimum atomic E-state index is -0.951. The van der Waals surface area contributed by atoms with E-state index in [-0.39, 0.29) is 11.1 Å². The topological polar surface area (TPSA) is 63.1 Å². The molecule has 0 spiro atoms. The highest BCUT2D eigenvalue weighted by Crippen LogP contribution is 2.60. The van der Waals surface area contributed by atoms with E-state index in [9.17, 15) is 4.79 Å². The average molecular weight is 258 g/mol. The van der Waals surface area contributed by atoms with Gasteiger partial charge < -0.3 is 5.11 Å². The van der Waals surface area contributed by atoms with E-state index in [1.165, 1.54) is 44.9 Å². The number of aromatic carboxylic acids is 1. The van der Waals surface area contributed by atoms with E-state index in [4.69, 9.17) is 5.11 Å². The zero-order chi connectivity index (χ0) is 13.0. The van der Waals surface area contributed by atoms with Gasteiger partial charge in [0.1, 0.15) is 6.33 Å². The molecule has 1 aromatic rings. The molecule has 4 saturated carbocycles. The first-order chi connectivity index (χ1) is 9.14. The number of carboxylic acids is 1. The number of nitrogens with zero attached hydrogens (tertiary/aromatic N) is 2. The number of hydrogen-bond donors (Lipinski definition) is 1. The van der Waals surface area contributed by atoms with Gasteiger partial charge in [0, 0.05) is 5.41 Å². The minimum absolute atomic E-state index is 0.140. The highest BCUT2D eigenvalue weighted by atomic mass is 16.4. The molecule has 4 nitrogen and oxygen atoms in total. The predicted molar refractivity (Wildman–Crippen MR) is 68.8 cm³/mol. The second kappa shape index (κ2) is 3.78. The molecule has 4 aliphatic carbocycles. The Kier molecular flexibility index (Phi) is 2.26. The molecule has 0 atom stereocenters. The van der Waals surface area contributed by atoms with Crippen molar-refractivity contribution in [1.29, 1.82) is 0 Å². The van der Waals surface area contributed by atoms with Crippen LogP contribution in [0.25, 0.3) is 0 Å². The van der Waals surface area contributed by atoms with E-state index >= 15 is 0 Å². The van der Waals surface area contributed by atoms with Crippen LogP contribution in [-0.4, -0.2) is 21.0 Å². The van der Waals surface area contributed by atoms with Crippen LogP contribution in [0.3, 0.4) is 0 Å². The smallest absolute Gasteiger partial charge is 0.354 e. The van der Waals surface area contributed by atoms with Crippen LogP contribution in [0.2, 0.25) is 0 Å². The Hall–Kier alpha value is -1.45. The van der Waals surface area contributed by atoms with Gasteiger partial charge in [-0.15, -0.1) is 0 Å². The number of carboxylic acid groups (broad SMARTS) is 1. The lowest BCUT2D eigenvalue weighted by Gasteiger charge is -2.56. The molecule has 4 heteroatoms. The quantitative estimate of drug-likeness (QED) is 0.885. The molecule has 1 N–H and O–H groups in total. The van der Waals surface area contributed by atoms with Crippen LogP contribution in [0, 0.1) is 17.8 Å². The van der Waals surface area contributed by atoms with Crippen molar-refractivity contribution < 1.29 is 9.90 Å². The summed E-state index contributed by atoms with van der Waals surface area (Å²) in [7, 11) is 0. The molecule has 4 bridgehead atoms. The number of rotatable bonds is 2. The third kappa shape index (κ3) is 1.69. The number of hydrogen-bond acceptors (Lipinski definition) is 3. The summed E-state index contributed by atoms with van der Waals surface area (Å²) >= 11 is 0. The van der Waals surface area contributed by atoms with Crippen LogP contribution in [0.15, 0.2) is 12.4 Å². The summed E-state index contributed by atoms with van der Waals surface area (Å²) in [6, 6.07) is 1.72. The fraction of sp³-hybridized carbons (Fsp3) is 0.667. The van der Waals surface area contributed by atoms with E-state index in [0.29, 0.717) is 0 Å². The fourth-order valence-corrected chi connectivity index (χ4v) is 5.19. The Morgan fingerprint density at radius 2 is 1.68 bits per heavy atom. The maximum absolute atomic E-state index is 11.1. The first-order valence-corrected chi connectivity index (χ1v) is 7.20. The predicted octanol–water partition coefficient (Wildman–Crippen LogP) is 2.64. The van der Waals surface area contributed by atoms with Gasteiger partial charge >= 0.3 is 5.97 Å². The van der Waals surface area contributed by atoms with Crippen molar-refractivity contribution in [2.45, 2.75) is 43.9 Å². The standard InChI is InChI=1S/C15H18N2O2/c18-14(19)12-4-13(17-8-16-12)15-5-9-1-10(6-15)3-11(2-9)7-15/h4,8-11H,1-3,5-7H2,(H,18,19). The van der Waals surface area contributed by atoms with Crippen LogP contribution >= 0.6 is 0 Å². The summed E-state index contributed by atoms with van der Waals surface area (Å²) < 4.78 is 0. The molecule has 0 aromatic carbocycles. The Bertz CT molecular complexity index is 505. The molecule has 19 heavy (non-hydrogen) atoms. The Morgan fingerprint density at radius 3 is 2.21 bits per heavy atom. The van der Waals surface area contributed by atoms with Crippen LogP contribution in [-0.2, 0) is 5.41 Å². The molecular weight excluding hydrogens is 240 g/mol. The van der Waals surface area contributed by atoms with Crippen LogP contribution in [0.5, 0.6) is 0 Å². The zero-order valence-corrected chi connectivity index (χ0v) is 10.9. The highest BCUT2D eigenvalue weighted by molar-refractivity contribution is 5.85. The van der Waals surface area contributed by atoms with E-state index in [1.807, 2.05) is 0 Å². The van der Waals surface area contributed by atoms with Gasteiger partial charge in [0.15, 0.2) is 5.69 Å². The summed E-state index contributed by atoms with van der Waals surface area (Å²) in [5, 5.41) is 9.10. The Balaban J connectivity index is 1.75. The SMILES string of the molecule is O=C(O)c1cc(C23CC4CC(CC(C4)C2)C3)ncn1. The van der Waals surface area contributed by atoms with E-state index in [1.54, 1.807) is 6.07 Å². The van der Waals surface area contributed by atoms with Gasteiger partial charge in [-0.1, -0.05) is 0 Å². The van der Waals surface area contributed by atoms with Crippen molar-refractivity contribution in [3.05, 3.63) is 23.8 Å². The second-order valence-electron chi connectivity index (χ2n) is 6.79. The average Bonchev–Trinajstić information content (AvgIpc) is 2.37. The van der Waals surface area contributed by atoms with Crippen LogP contribution < -0.4 is 0 Å². The number of aromatic nitrogens is 2. The Labute approximate surface area is 112 Å². The molecule has 4 fully saturated rings. The van der Waals surface area contributed by atoms with Gasteiger partial charge in [0.05, 0.1) is 5.69 Å². The largest absolute Gasteiger partial charge is 0.477 e. The summed E-state index contributed by atoms with van der Waals surface area (Å²) in [5.74, 6) is 1.58. The molecule has 0 saturated heterocycles. The van der Waals surface area contributed by atoms with Gasteiger partial charge in [0.2, 0.25) is 0 Å². The van der Waals surface area contributed by atoms with Crippen molar-refractivity contribution in [3.63, 3.8) is 0 Å². The van der Waals surface area contributed by atoms with Gasteiger partial charge in [0.25, 0.3) is 0 Å². The molecule has 5 rings (SSSR count). The number of carbonyl (C=O) groups is 1. The molecule has 0 aliphatic heterocycles. The normalized spacial score (nSPS) is 39.5. The minimum Gasteiger partial charge on any atom is -0.477 e. The third-order valence-electron chi connectivity index (χ3n) is 5.47. The molecule has 4 aliphatic rings. The van der Waals surface area contributed by atoms with E-state index in [0.717, 1.165) is 23.4 Å². The van der Waals surface area contributed by atoms with Crippen LogP contribution in [0.1, 0.15) is 54.7 Å². The summed E-state index contributed by atoms with van der Waals surface area (Å²) in [5.41, 5.74) is 1.28. The van der Waals surface area contributed by atoms with Crippen molar-refractivity contribution in [3.8, 4) is 0 Å². The molecular formula is C15H18N2O2. The van der Waals surface area contributed by atoms with Crippen molar-refractivity contribution >= 4 is 5.97 Å². The molecule has 0 radical (unpaired) electrons. The maximum atomic E-state index is 11.1. The van der Waals surface area contributed by atoms with Crippen molar-refractivity contribution in [2.75, 3.05) is 0 Å². The van der Waals surface area contributed by atoms with E-state index in [2.05, 4.69) is 9.97 Å². The van der Waals surface area contributed by atoms with E-state index < -0.39 is 5.97 Å². The van der Waals surface area contributed by atoms with Crippen LogP contribution in [0.4, 0.5) is 0 Å².